The van der Waals surface area contributed by atoms with Crippen molar-refractivity contribution in [1.29, 1.82) is 0 Å². The summed E-state index contributed by atoms with van der Waals surface area (Å²) in [6.07, 6.45) is 0.961. The fraction of sp³-hybridized carbons (Fsp3) is 0.562. The number of thioether (sulfide) groups is 1. The summed E-state index contributed by atoms with van der Waals surface area (Å²) in [5.74, 6) is 2.13. The van der Waals surface area contributed by atoms with Gasteiger partial charge in [-0.3, -0.25) is 4.79 Å². The largest absolute Gasteiger partial charge is 0.369 e. The summed E-state index contributed by atoms with van der Waals surface area (Å²) < 4.78 is 5.48. The molecule has 0 spiro atoms. The first-order valence-electron chi connectivity index (χ1n) is 7.39. The topological polar surface area (TPSA) is 29.5 Å². The molecule has 1 heterocycles. The third-order valence-corrected chi connectivity index (χ3v) is 5.04. The van der Waals surface area contributed by atoms with Crippen molar-refractivity contribution < 1.29 is 9.53 Å². The molecule has 0 N–H and O–H groups in total. The van der Waals surface area contributed by atoms with Crippen LogP contribution < -0.4 is 0 Å². The van der Waals surface area contributed by atoms with E-state index in [0.717, 1.165) is 23.5 Å². The molecule has 2 atom stereocenters. The minimum atomic E-state index is -0.00840. The molecule has 3 nitrogen and oxygen atoms in total. The maximum absolute atomic E-state index is 12.4. The van der Waals surface area contributed by atoms with E-state index in [0.29, 0.717) is 11.6 Å². The number of ether oxygens (including phenoxy) is 1. The van der Waals surface area contributed by atoms with E-state index in [9.17, 15) is 4.79 Å². The van der Waals surface area contributed by atoms with Gasteiger partial charge in [0, 0.05) is 16.8 Å². The number of amides is 1. The predicted molar refractivity (Wildman–Crippen MR) is 88.9 cm³/mol. The Kier molecular flexibility index (Phi) is 6.40. The van der Waals surface area contributed by atoms with E-state index in [4.69, 9.17) is 16.3 Å². The van der Waals surface area contributed by atoms with Crippen molar-refractivity contribution in [3.8, 4) is 0 Å². The molecule has 21 heavy (non-hydrogen) atoms. The van der Waals surface area contributed by atoms with Crippen LogP contribution in [0.1, 0.15) is 31.9 Å². The van der Waals surface area contributed by atoms with Gasteiger partial charge in [-0.15, -0.1) is 0 Å². The van der Waals surface area contributed by atoms with E-state index in [-0.39, 0.29) is 24.6 Å². The van der Waals surface area contributed by atoms with Crippen LogP contribution in [0.4, 0.5) is 0 Å². The summed E-state index contributed by atoms with van der Waals surface area (Å²) in [6.45, 7) is 5.04. The number of benzene rings is 1. The van der Waals surface area contributed by atoms with Crippen molar-refractivity contribution in [2.24, 2.45) is 0 Å². The number of carbonyl (C=O) groups excluding carboxylic acids is 1. The Morgan fingerprint density at radius 2 is 2.10 bits per heavy atom. The van der Waals surface area contributed by atoms with Gasteiger partial charge in [-0.25, -0.2) is 0 Å². The van der Waals surface area contributed by atoms with Crippen LogP contribution in [0.25, 0.3) is 0 Å². The molecule has 1 aromatic carbocycles. The summed E-state index contributed by atoms with van der Waals surface area (Å²) in [4.78, 5) is 14.4. The van der Waals surface area contributed by atoms with E-state index in [1.807, 2.05) is 40.9 Å². The van der Waals surface area contributed by atoms with E-state index in [1.165, 1.54) is 0 Å². The molecule has 1 fully saturated rings. The maximum atomic E-state index is 12.4. The van der Waals surface area contributed by atoms with Crippen LogP contribution in [-0.4, -0.2) is 41.6 Å². The Hall–Kier alpha value is -0.710. The fourth-order valence-electron chi connectivity index (χ4n) is 2.64. The lowest BCUT2D eigenvalue weighted by molar-refractivity contribution is -0.151. The molecule has 0 saturated carbocycles. The third kappa shape index (κ3) is 4.15. The van der Waals surface area contributed by atoms with Gasteiger partial charge < -0.3 is 9.64 Å². The standard InChI is InChI=1S/C16H22ClNO2S/c1-3-14(11-21-4-2)18-15(9-20-10-16(18)19)12-5-7-13(17)8-6-12/h5-8,14-15H,3-4,9-11H2,1-2H3/t14-,15-/m0/s1. The van der Waals surface area contributed by atoms with Crippen LogP contribution >= 0.6 is 23.4 Å². The quantitative estimate of drug-likeness (QED) is 0.796. The van der Waals surface area contributed by atoms with Gasteiger partial charge in [0.25, 0.3) is 0 Å². The second-order valence-electron chi connectivity index (χ2n) is 5.11. The first-order chi connectivity index (χ1) is 10.2. The summed E-state index contributed by atoms with van der Waals surface area (Å²) in [5.41, 5.74) is 1.09. The second-order valence-corrected chi connectivity index (χ2v) is 6.86. The molecule has 0 aliphatic carbocycles. The number of halogens is 1. The number of nitrogens with zero attached hydrogens (tertiary/aromatic N) is 1. The Balaban J connectivity index is 2.23. The zero-order chi connectivity index (χ0) is 15.2. The molecule has 2 rings (SSSR count). The lowest BCUT2D eigenvalue weighted by atomic mass is 10.0. The molecule has 1 aliphatic heterocycles. The van der Waals surface area contributed by atoms with Crippen molar-refractivity contribution in [1.82, 2.24) is 4.90 Å². The summed E-state index contributed by atoms with van der Waals surface area (Å²) in [7, 11) is 0. The molecule has 5 heteroatoms. The summed E-state index contributed by atoms with van der Waals surface area (Å²) >= 11 is 7.84. The predicted octanol–water partition coefficient (Wildman–Crippen LogP) is 3.77. The number of hydrogen-bond donors (Lipinski definition) is 0. The van der Waals surface area contributed by atoms with Gasteiger partial charge >= 0.3 is 0 Å². The van der Waals surface area contributed by atoms with Crippen LogP contribution in [0.5, 0.6) is 0 Å². The zero-order valence-electron chi connectivity index (χ0n) is 12.5. The molecular weight excluding hydrogens is 306 g/mol. The van der Waals surface area contributed by atoms with E-state index < -0.39 is 0 Å². The summed E-state index contributed by atoms with van der Waals surface area (Å²) in [5, 5.41) is 0.710. The van der Waals surface area contributed by atoms with Crippen molar-refractivity contribution >= 4 is 29.3 Å². The minimum Gasteiger partial charge on any atom is -0.369 e. The van der Waals surface area contributed by atoms with Crippen molar-refractivity contribution in [2.75, 3.05) is 24.7 Å². The van der Waals surface area contributed by atoms with Crippen LogP contribution in [-0.2, 0) is 9.53 Å². The van der Waals surface area contributed by atoms with Crippen molar-refractivity contribution in [2.45, 2.75) is 32.4 Å². The Bertz CT molecular complexity index is 466. The lowest BCUT2D eigenvalue weighted by Gasteiger charge is -2.41. The Morgan fingerprint density at radius 1 is 1.38 bits per heavy atom. The minimum absolute atomic E-state index is 0.00840. The molecule has 0 aromatic heterocycles. The van der Waals surface area contributed by atoms with Gasteiger partial charge in [0.2, 0.25) is 5.91 Å². The molecule has 1 saturated heterocycles. The highest BCUT2D eigenvalue weighted by molar-refractivity contribution is 7.99. The first kappa shape index (κ1) is 16.7. The second kappa shape index (κ2) is 8.06. The molecule has 1 aliphatic rings. The van der Waals surface area contributed by atoms with Crippen molar-refractivity contribution in [3.05, 3.63) is 34.9 Å². The first-order valence-corrected chi connectivity index (χ1v) is 8.92. The normalized spacial score (nSPS) is 20.6. The van der Waals surface area contributed by atoms with Crippen LogP contribution in [0, 0.1) is 0 Å². The van der Waals surface area contributed by atoms with Gasteiger partial charge in [-0.05, 0) is 29.9 Å². The zero-order valence-corrected chi connectivity index (χ0v) is 14.1. The molecule has 0 unspecified atom stereocenters. The number of morpholine rings is 1. The SMILES string of the molecule is CCSC[C@H](CC)N1C(=O)COC[C@H]1c1ccc(Cl)cc1. The Labute approximate surface area is 136 Å². The van der Waals surface area contributed by atoms with Gasteiger partial charge in [0.05, 0.1) is 12.6 Å². The van der Waals surface area contributed by atoms with E-state index >= 15 is 0 Å². The maximum Gasteiger partial charge on any atom is 0.249 e. The van der Waals surface area contributed by atoms with Crippen molar-refractivity contribution in [3.63, 3.8) is 0 Å². The average molecular weight is 328 g/mol. The fourth-order valence-corrected chi connectivity index (χ4v) is 3.67. The number of carbonyl (C=O) groups is 1. The van der Waals surface area contributed by atoms with Gasteiger partial charge in [0.15, 0.2) is 0 Å². The van der Waals surface area contributed by atoms with Gasteiger partial charge in [0.1, 0.15) is 6.61 Å². The van der Waals surface area contributed by atoms with Crippen LogP contribution in [0.2, 0.25) is 5.02 Å². The highest BCUT2D eigenvalue weighted by atomic mass is 35.5. The summed E-state index contributed by atoms with van der Waals surface area (Å²) in [6, 6.07) is 7.97. The number of hydrogen-bond acceptors (Lipinski definition) is 3. The molecular formula is C16H22ClNO2S. The van der Waals surface area contributed by atoms with Crippen LogP contribution in [0.3, 0.4) is 0 Å². The Morgan fingerprint density at radius 3 is 2.71 bits per heavy atom. The molecule has 1 aromatic rings. The van der Waals surface area contributed by atoms with E-state index in [2.05, 4.69) is 13.8 Å². The number of rotatable bonds is 6. The monoisotopic (exact) mass is 327 g/mol. The average Bonchev–Trinajstić information content (AvgIpc) is 2.50. The van der Waals surface area contributed by atoms with Gasteiger partial charge in [-0.2, -0.15) is 11.8 Å². The van der Waals surface area contributed by atoms with Gasteiger partial charge in [-0.1, -0.05) is 37.6 Å². The third-order valence-electron chi connectivity index (χ3n) is 3.76. The van der Waals surface area contributed by atoms with Crippen LogP contribution in [0.15, 0.2) is 24.3 Å². The molecule has 0 radical (unpaired) electrons. The molecule has 116 valence electrons. The smallest absolute Gasteiger partial charge is 0.249 e. The highest BCUT2D eigenvalue weighted by Gasteiger charge is 2.34. The lowest BCUT2D eigenvalue weighted by Crippen LogP contribution is -2.50. The van der Waals surface area contributed by atoms with E-state index in [1.54, 1.807) is 0 Å². The molecule has 0 bridgehead atoms. The highest BCUT2D eigenvalue weighted by Crippen LogP contribution is 2.30. The molecule has 1 amide bonds.